The standard InChI is InChI=1S/C26H19Cl2NO4/c1-16-24(26(31)32-2)21(25(30)29(16)18-11-12-22(27)23(28)15-18)14-17-7-6-10-20(13-17)33-19-8-4-3-5-9-19/h3-15H,1-2H3/b21-14-. The van der Waals surface area contributed by atoms with Crippen LogP contribution in [0.1, 0.15) is 12.5 Å². The van der Waals surface area contributed by atoms with E-state index < -0.39 is 5.97 Å². The molecule has 0 N–H and O–H groups in total. The zero-order valence-electron chi connectivity index (χ0n) is 17.8. The number of anilines is 1. The molecule has 166 valence electrons. The summed E-state index contributed by atoms with van der Waals surface area (Å²) in [6.45, 7) is 1.68. The van der Waals surface area contributed by atoms with Crippen molar-refractivity contribution in [3.05, 3.63) is 105 Å². The Bertz CT molecular complexity index is 1300. The highest BCUT2D eigenvalue weighted by Crippen LogP contribution is 2.38. The van der Waals surface area contributed by atoms with Crippen LogP contribution >= 0.6 is 23.2 Å². The zero-order valence-corrected chi connectivity index (χ0v) is 19.4. The molecule has 1 aliphatic rings. The Morgan fingerprint density at radius 3 is 2.33 bits per heavy atom. The number of para-hydroxylation sites is 1. The van der Waals surface area contributed by atoms with E-state index in [1.807, 2.05) is 48.5 Å². The van der Waals surface area contributed by atoms with Gasteiger partial charge in [0.25, 0.3) is 5.91 Å². The van der Waals surface area contributed by atoms with E-state index >= 15 is 0 Å². The Labute approximate surface area is 201 Å². The van der Waals surface area contributed by atoms with E-state index in [2.05, 4.69) is 0 Å². The Morgan fingerprint density at radius 1 is 0.909 bits per heavy atom. The summed E-state index contributed by atoms with van der Waals surface area (Å²) < 4.78 is 10.8. The monoisotopic (exact) mass is 479 g/mol. The van der Waals surface area contributed by atoms with E-state index in [1.54, 1.807) is 37.3 Å². The molecule has 0 aromatic heterocycles. The summed E-state index contributed by atoms with van der Waals surface area (Å²) in [4.78, 5) is 27.5. The molecular formula is C26H19Cl2NO4. The highest BCUT2D eigenvalue weighted by molar-refractivity contribution is 6.42. The van der Waals surface area contributed by atoms with Crippen molar-refractivity contribution in [3.8, 4) is 11.5 Å². The summed E-state index contributed by atoms with van der Waals surface area (Å²) in [5, 5.41) is 0.672. The van der Waals surface area contributed by atoms with Crippen LogP contribution in [0.25, 0.3) is 6.08 Å². The molecule has 3 aromatic rings. The predicted molar refractivity (Wildman–Crippen MR) is 130 cm³/mol. The Kier molecular flexibility index (Phi) is 6.54. The second-order valence-electron chi connectivity index (χ2n) is 7.24. The summed E-state index contributed by atoms with van der Waals surface area (Å²) >= 11 is 12.2. The molecule has 5 nitrogen and oxygen atoms in total. The Morgan fingerprint density at radius 2 is 1.64 bits per heavy atom. The first kappa shape index (κ1) is 22.6. The topological polar surface area (TPSA) is 55.8 Å². The molecule has 0 saturated heterocycles. The van der Waals surface area contributed by atoms with Crippen molar-refractivity contribution in [1.82, 2.24) is 0 Å². The molecule has 0 aliphatic carbocycles. The van der Waals surface area contributed by atoms with Gasteiger partial charge in [0, 0.05) is 5.70 Å². The van der Waals surface area contributed by atoms with Crippen LogP contribution < -0.4 is 9.64 Å². The minimum absolute atomic E-state index is 0.183. The lowest BCUT2D eigenvalue weighted by Gasteiger charge is -2.18. The average molecular weight is 480 g/mol. The van der Waals surface area contributed by atoms with Gasteiger partial charge < -0.3 is 9.47 Å². The quantitative estimate of drug-likeness (QED) is 0.303. The molecule has 0 radical (unpaired) electrons. The maximum absolute atomic E-state index is 13.4. The molecule has 1 heterocycles. The minimum Gasteiger partial charge on any atom is -0.465 e. The van der Waals surface area contributed by atoms with Crippen LogP contribution in [0.5, 0.6) is 11.5 Å². The fourth-order valence-electron chi connectivity index (χ4n) is 3.57. The van der Waals surface area contributed by atoms with Gasteiger partial charge in [0.1, 0.15) is 11.5 Å². The van der Waals surface area contributed by atoms with Crippen LogP contribution in [-0.2, 0) is 14.3 Å². The number of carbonyl (C=O) groups is 2. The number of ether oxygens (including phenoxy) is 2. The van der Waals surface area contributed by atoms with Crippen LogP contribution in [0.4, 0.5) is 5.69 Å². The molecule has 0 bridgehead atoms. The summed E-state index contributed by atoms with van der Waals surface area (Å²) in [5.74, 6) is 0.311. The first-order chi connectivity index (χ1) is 15.9. The van der Waals surface area contributed by atoms with E-state index in [0.29, 0.717) is 38.5 Å². The molecule has 1 aliphatic heterocycles. The molecule has 0 atom stereocenters. The number of halogens is 2. The first-order valence-electron chi connectivity index (χ1n) is 10.0. The molecule has 4 rings (SSSR count). The Hall–Kier alpha value is -3.54. The van der Waals surface area contributed by atoms with E-state index in [-0.39, 0.29) is 17.1 Å². The summed E-state index contributed by atoms with van der Waals surface area (Å²) in [6.07, 6.45) is 1.65. The van der Waals surface area contributed by atoms with Crippen LogP contribution in [0.15, 0.2) is 89.6 Å². The van der Waals surface area contributed by atoms with Crippen molar-refractivity contribution in [2.24, 2.45) is 0 Å². The van der Waals surface area contributed by atoms with Gasteiger partial charge in [0.05, 0.1) is 34.0 Å². The number of hydrogen-bond acceptors (Lipinski definition) is 4. The molecule has 0 saturated carbocycles. The van der Waals surface area contributed by atoms with Gasteiger partial charge in [-0.05, 0) is 61.0 Å². The minimum atomic E-state index is -0.605. The number of hydrogen-bond donors (Lipinski definition) is 0. The SMILES string of the molecule is COC(=O)C1=C(C)N(c2ccc(Cl)c(Cl)c2)C(=O)/C1=C\c1cccc(Oc2ccccc2)c1. The van der Waals surface area contributed by atoms with Gasteiger partial charge in [-0.3, -0.25) is 9.69 Å². The normalized spacial score (nSPS) is 14.7. The molecule has 0 fully saturated rings. The van der Waals surface area contributed by atoms with Gasteiger partial charge in [0.15, 0.2) is 0 Å². The van der Waals surface area contributed by atoms with Crippen LogP contribution in [-0.4, -0.2) is 19.0 Å². The molecule has 0 unspecified atom stereocenters. The fraction of sp³-hybridized carbons (Fsp3) is 0.0769. The lowest BCUT2D eigenvalue weighted by atomic mass is 10.0. The average Bonchev–Trinajstić information content (AvgIpc) is 3.05. The molecule has 33 heavy (non-hydrogen) atoms. The number of esters is 1. The van der Waals surface area contributed by atoms with Gasteiger partial charge in [-0.15, -0.1) is 0 Å². The van der Waals surface area contributed by atoms with Gasteiger partial charge in [0.2, 0.25) is 0 Å². The van der Waals surface area contributed by atoms with Crippen LogP contribution in [0.2, 0.25) is 10.0 Å². The van der Waals surface area contributed by atoms with E-state index in [4.69, 9.17) is 32.7 Å². The third-order valence-electron chi connectivity index (χ3n) is 5.10. The molecule has 1 amide bonds. The van der Waals surface area contributed by atoms with Gasteiger partial charge >= 0.3 is 5.97 Å². The third kappa shape index (κ3) is 4.65. The van der Waals surface area contributed by atoms with Gasteiger partial charge in [-0.1, -0.05) is 53.5 Å². The molecule has 0 spiro atoms. The van der Waals surface area contributed by atoms with Gasteiger partial charge in [-0.25, -0.2) is 4.79 Å². The maximum atomic E-state index is 13.4. The van der Waals surface area contributed by atoms with Crippen molar-refractivity contribution in [2.45, 2.75) is 6.92 Å². The number of carbonyl (C=O) groups excluding carboxylic acids is 2. The highest BCUT2D eigenvalue weighted by Gasteiger charge is 2.38. The zero-order chi connectivity index (χ0) is 23.5. The second-order valence-corrected chi connectivity index (χ2v) is 8.05. The number of rotatable bonds is 5. The van der Waals surface area contributed by atoms with E-state index in [1.165, 1.54) is 12.0 Å². The second kappa shape index (κ2) is 9.53. The molecular weight excluding hydrogens is 461 g/mol. The fourth-order valence-corrected chi connectivity index (χ4v) is 3.87. The summed E-state index contributed by atoms with van der Waals surface area (Å²) in [5.41, 5.74) is 2.02. The maximum Gasteiger partial charge on any atom is 0.340 e. The number of amides is 1. The first-order valence-corrected chi connectivity index (χ1v) is 10.8. The molecule has 3 aromatic carbocycles. The summed E-state index contributed by atoms with van der Waals surface area (Å²) in [6, 6.07) is 21.5. The highest BCUT2D eigenvalue weighted by atomic mass is 35.5. The summed E-state index contributed by atoms with van der Waals surface area (Å²) in [7, 11) is 1.28. The van der Waals surface area contributed by atoms with Crippen LogP contribution in [0, 0.1) is 0 Å². The smallest absolute Gasteiger partial charge is 0.340 e. The lowest BCUT2D eigenvalue weighted by molar-refractivity contribution is -0.136. The number of allylic oxidation sites excluding steroid dienone is 1. The molecule has 7 heteroatoms. The van der Waals surface area contributed by atoms with Crippen molar-refractivity contribution >= 4 is 46.8 Å². The van der Waals surface area contributed by atoms with Crippen molar-refractivity contribution in [3.63, 3.8) is 0 Å². The van der Waals surface area contributed by atoms with Crippen molar-refractivity contribution in [1.29, 1.82) is 0 Å². The van der Waals surface area contributed by atoms with Gasteiger partial charge in [-0.2, -0.15) is 0 Å². The Balaban J connectivity index is 1.74. The number of nitrogens with zero attached hydrogens (tertiary/aromatic N) is 1. The van der Waals surface area contributed by atoms with Crippen molar-refractivity contribution < 1.29 is 19.1 Å². The lowest BCUT2D eigenvalue weighted by Crippen LogP contribution is -2.24. The number of benzene rings is 3. The predicted octanol–water partition coefficient (Wildman–Crippen LogP) is 6.66. The van der Waals surface area contributed by atoms with E-state index in [9.17, 15) is 9.59 Å². The van der Waals surface area contributed by atoms with E-state index in [0.717, 1.165) is 0 Å². The van der Waals surface area contributed by atoms with Crippen LogP contribution in [0.3, 0.4) is 0 Å². The third-order valence-corrected chi connectivity index (χ3v) is 5.84. The number of methoxy groups -OCH3 is 1. The largest absolute Gasteiger partial charge is 0.465 e. The van der Waals surface area contributed by atoms with Crippen molar-refractivity contribution in [2.75, 3.05) is 12.0 Å².